The first kappa shape index (κ1) is 18.1. The fraction of sp³-hybridized carbons (Fsp3) is 0.0909. The molecule has 1 aliphatic rings. The van der Waals surface area contributed by atoms with Crippen LogP contribution in [0.4, 0.5) is 10.1 Å². The van der Waals surface area contributed by atoms with Gasteiger partial charge in [0.05, 0.1) is 12.3 Å². The van der Waals surface area contributed by atoms with Crippen molar-refractivity contribution in [3.05, 3.63) is 88.0 Å². The summed E-state index contributed by atoms with van der Waals surface area (Å²) in [5.41, 5.74) is 1.68. The van der Waals surface area contributed by atoms with E-state index < -0.39 is 0 Å². The van der Waals surface area contributed by atoms with Crippen molar-refractivity contribution < 1.29 is 13.9 Å². The normalized spacial score (nSPS) is 15.2. The van der Waals surface area contributed by atoms with Crippen molar-refractivity contribution in [1.29, 1.82) is 0 Å². The van der Waals surface area contributed by atoms with Crippen LogP contribution in [0.1, 0.15) is 17.4 Å². The summed E-state index contributed by atoms with van der Waals surface area (Å²) in [5.74, 6) is 0.636. The quantitative estimate of drug-likeness (QED) is 0.566. The van der Waals surface area contributed by atoms with Crippen molar-refractivity contribution in [2.45, 2.75) is 6.92 Å². The molecular formula is C22H17FN2O2S. The molecule has 28 heavy (non-hydrogen) atoms. The van der Waals surface area contributed by atoms with Crippen molar-refractivity contribution in [3.63, 3.8) is 0 Å². The zero-order valence-electron chi connectivity index (χ0n) is 15.1. The fourth-order valence-corrected chi connectivity index (χ4v) is 3.57. The van der Waals surface area contributed by atoms with Crippen LogP contribution in [0.5, 0.6) is 5.75 Å². The molecule has 140 valence electrons. The Labute approximate surface area is 166 Å². The van der Waals surface area contributed by atoms with Gasteiger partial charge in [0, 0.05) is 10.4 Å². The maximum atomic E-state index is 13.4. The van der Waals surface area contributed by atoms with Gasteiger partial charge >= 0.3 is 0 Å². The van der Waals surface area contributed by atoms with Crippen LogP contribution in [-0.4, -0.2) is 18.3 Å². The Morgan fingerprint density at radius 1 is 1.11 bits per heavy atom. The van der Waals surface area contributed by atoms with Gasteiger partial charge in [0.25, 0.3) is 5.91 Å². The molecule has 0 aliphatic carbocycles. The van der Waals surface area contributed by atoms with E-state index in [-0.39, 0.29) is 11.7 Å². The minimum atomic E-state index is -0.337. The summed E-state index contributed by atoms with van der Waals surface area (Å²) < 4.78 is 18.9. The van der Waals surface area contributed by atoms with Crippen LogP contribution in [0.25, 0.3) is 6.08 Å². The Bertz CT molecular complexity index is 1040. The largest absolute Gasteiger partial charge is 0.494 e. The lowest BCUT2D eigenvalue weighted by Crippen LogP contribution is -2.32. The summed E-state index contributed by atoms with van der Waals surface area (Å²) in [4.78, 5) is 20.2. The Balaban J connectivity index is 1.77. The molecule has 1 aromatic heterocycles. The Kier molecular flexibility index (Phi) is 5.04. The lowest BCUT2D eigenvalue weighted by atomic mass is 10.1. The van der Waals surface area contributed by atoms with Gasteiger partial charge in [0.2, 0.25) is 0 Å². The second-order valence-corrected chi connectivity index (χ2v) is 7.03. The second-order valence-electron chi connectivity index (χ2n) is 6.05. The van der Waals surface area contributed by atoms with E-state index >= 15 is 0 Å². The Morgan fingerprint density at radius 3 is 2.50 bits per heavy atom. The molecule has 1 amide bonds. The number of aliphatic imine (C=N–C) groups is 1. The first-order valence-electron chi connectivity index (χ1n) is 8.83. The zero-order valence-corrected chi connectivity index (χ0v) is 15.9. The maximum Gasteiger partial charge on any atom is 0.282 e. The number of hydrogen-bond acceptors (Lipinski definition) is 4. The number of hydrogen-bond donors (Lipinski definition) is 0. The predicted molar refractivity (Wildman–Crippen MR) is 110 cm³/mol. The molecule has 0 fully saturated rings. The first-order chi connectivity index (χ1) is 13.7. The van der Waals surface area contributed by atoms with Crippen LogP contribution in [-0.2, 0) is 4.79 Å². The molecule has 0 unspecified atom stereocenters. The number of amidine groups is 1. The Hall–Kier alpha value is -3.25. The van der Waals surface area contributed by atoms with Gasteiger partial charge in [-0.25, -0.2) is 9.38 Å². The highest BCUT2D eigenvalue weighted by atomic mass is 32.1. The summed E-state index contributed by atoms with van der Waals surface area (Å²) in [6.45, 7) is 2.48. The highest BCUT2D eigenvalue weighted by Crippen LogP contribution is 2.29. The lowest BCUT2D eigenvalue weighted by molar-refractivity contribution is -0.113. The van der Waals surface area contributed by atoms with Crippen LogP contribution in [0.2, 0.25) is 0 Å². The molecule has 0 saturated heterocycles. The maximum absolute atomic E-state index is 13.4. The molecule has 0 saturated carbocycles. The van der Waals surface area contributed by atoms with E-state index in [9.17, 15) is 9.18 Å². The molecule has 3 aromatic rings. The van der Waals surface area contributed by atoms with Crippen molar-refractivity contribution in [2.24, 2.45) is 4.99 Å². The molecule has 2 heterocycles. The van der Waals surface area contributed by atoms with E-state index in [1.165, 1.54) is 23.5 Å². The van der Waals surface area contributed by atoms with Crippen molar-refractivity contribution >= 4 is 34.8 Å². The third kappa shape index (κ3) is 3.59. The lowest BCUT2D eigenvalue weighted by Gasteiger charge is -2.19. The van der Waals surface area contributed by atoms with Crippen LogP contribution in [0, 0.1) is 5.82 Å². The third-order valence-corrected chi connectivity index (χ3v) is 5.01. The summed E-state index contributed by atoms with van der Waals surface area (Å²) in [6, 6.07) is 17.1. The number of thiophene rings is 1. The molecule has 0 atom stereocenters. The van der Waals surface area contributed by atoms with Crippen LogP contribution >= 0.6 is 11.3 Å². The zero-order chi connectivity index (χ0) is 19.5. The number of anilines is 1. The number of rotatable bonds is 5. The van der Waals surface area contributed by atoms with Crippen LogP contribution in [0.15, 0.2) is 76.7 Å². The van der Waals surface area contributed by atoms with Crippen molar-refractivity contribution in [2.75, 3.05) is 11.5 Å². The number of ether oxygens (including phenoxy) is 1. The van der Waals surface area contributed by atoms with Gasteiger partial charge in [-0.3, -0.25) is 9.69 Å². The standard InChI is InChI=1S/C22H17FN2O2S/c1-2-27-18-11-9-17(10-12-18)25-21(15-5-7-16(23)8-6-15)24-20(22(25)26)14-19-4-3-13-28-19/h3-14H,2H2,1H3/b20-14+. The van der Waals surface area contributed by atoms with E-state index in [4.69, 9.17) is 4.74 Å². The van der Waals surface area contributed by atoms with E-state index in [1.807, 2.05) is 48.7 Å². The number of nitrogens with zero attached hydrogens (tertiary/aromatic N) is 2. The molecule has 0 spiro atoms. The smallest absolute Gasteiger partial charge is 0.282 e. The van der Waals surface area contributed by atoms with Gasteiger partial charge in [-0.05, 0) is 73.0 Å². The van der Waals surface area contributed by atoms with E-state index in [0.717, 1.165) is 10.6 Å². The van der Waals surface area contributed by atoms with Gasteiger partial charge in [0.1, 0.15) is 23.1 Å². The third-order valence-electron chi connectivity index (χ3n) is 4.19. The summed E-state index contributed by atoms with van der Waals surface area (Å²) in [7, 11) is 0. The minimum Gasteiger partial charge on any atom is -0.494 e. The second kappa shape index (κ2) is 7.78. The molecule has 6 heteroatoms. The van der Waals surface area contributed by atoms with E-state index in [1.54, 1.807) is 23.1 Å². The van der Waals surface area contributed by atoms with Crippen molar-refractivity contribution in [3.8, 4) is 5.75 Å². The average molecular weight is 392 g/mol. The SMILES string of the molecule is CCOc1ccc(N2C(=O)/C(=C\c3cccs3)N=C2c2ccc(F)cc2)cc1. The van der Waals surface area contributed by atoms with Crippen LogP contribution < -0.4 is 9.64 Å². The van der Waals surface area contributed by atoms with E-state index in [0.29, 0.717) is 29.4 Å². The monoisotopic (exact) mass is 392 g/mol. The number of amides is 1. The number of halogens is 1. The van der Waals surface area contributed by atoms with Crippen LogP contribution in [0.3, 0.4) is 0 Å². The Morgan fingerprint density at radius 2 is 1.86 bits per heavy atom. The van der Waals surface area contributed by atoms with E-state index in [2.05, 4.69) is 4.99 Å². The van der Waals surface area contributed by atoms with Gasteiger partial charge in [-0.15, -0.1) is 11.3 Å². The molecule has 1 aliphatic heterocycles. The molecule has 0 radical (unpaired) electrons. The first-order valence-corrected chi connectivity index (χ1v) is 9.71. The number of carbonyl (C=O) groups is 1. The summed E-state index contributed by atoms with van der Waals surface area (Å²) in [6.07, 6.45) is 1.77. The minimum absolute atomic E-state index is 0.225. The van der Waals surface area contributed by atoms with Crippen molar-refractivity contribution in [1.82, 2.24) is 0 Å². The molecule has 4 nitrogen and oxygen atoms in total. The van der Waals surface area contributed by atoms with Gasteiger partial charge in [-0.2, -0.15) is 0 Å². The van der Waals surface area contributed by atoms with Gasteiger partial charge < -0.3 is 4.74 Å². The highest BCUT2D eigenvalue weighted by Gasteiger charge is 2.32. The van der Waals surface area contributed by atoms with Gasteiger partial charge in [0.15, 0.2) is 0 Å². The fourth-order valence-electron chi connectivity index (χ4n) is 2.92. The molecule has 0 bridgehead atoms. The predicted octanol–water partition coefficient (Wildman–Crippen LogP) is 5.12. The summed E-state index contributed by atoms with van der Waals surface area (Å²) in [5, 5.41) is 1.95. The highest BCUT2D eigenvalue weighted by molar-refractivity contribution is 7.10. The molecule has 2 aromatic carbocycles. The average Bonchev–Trinajstić information content (AvgIpc) is 3.32. The molecule has 0 N–H and O–H groups in total. The van der Waals surface area contributed by atoms with Gasteiger partial charge in [-0.1, -0.05) is 6.07 Å². The molecule has 4 rings (SSSR count). The molecular weight excluding hydrogens is 375 g/mol. The topological polar surface area (TPSA) is 41.9 Å². The number of benzene rings is 2. The number of carbonyl (C=O) groups excluding carboxylic acids is 1. The summed E-state index contributed by atoms with van der Waals surface area (Å²) >= 11 is 1.53.